The van der Waals surface area contributed by atoms with Crippen LogP contribution in [0, 0.1) is 5.92 Å². The molecule has 0 aliphatic carbocycles. The van der Waals surface area contributed by atoms with Gasteiger partial charge in [-0.15, -0.1) is 0 Å². The molecule has 0 aromatic rings. The maximum atomic E-state index is 9.39. The van der Waals surface area contributed by atoms with Gasteiger partial charge in [-0.2, -0.15) is 0 Å². The zero-order valence-corrected chi connectivity index (χ0v) is 9.45. The number of likely N-dealkylation sites (tertiary alicyclic amines) is 1. The van der Waals surface area contributed by atoms with Gasteiger partial charge in [-0.05, 0) is 31.7 Å². The molecule has 1 fully saturated rings. The van der Waals surface area contributed by atoms with E-state index in [0.717, 1.165) is 24.9 Å². The molecule has 0 radical (unpaired) electrons. The Morgan fingerprint density at radius 3 is 2.79 bits per heavy atom. The van der Waals surface area contributed by atoms with Crippen LogP contribution in [0.5, 0.6) is 0 Å². The third-order valence-corrected chi connectivity index (χ3v) is 3.21. The minimum absolute atomic E-state index is 0.316. The van der Waals surface area contributed by atoms with Crippen LogP contribution in [0.2, 0.25) is 0 Å². The number of nitrogens with two attached hydrogens (primary N) is 1. The van der Waals surface area contributed by atoms with Crippen molar-refractivity contribution < 1.29 is 5.11 Å². The molecule has 1 aliphatic rings. The lowest BCUT2D eigenvalue weighted by Crippen LogP contribution is -2.36. The second kappa shape index (κ2) is 5.69. The zero-order chi connectivity index (χ0) is 10.6. The van der Waals surface area contributed by atoms with Crippen molar-refractivity contribution >= 4 is 0 Å². The van der Waals surface area contributed by atoms with Gasteiger partial charge in [0.2, 0.25) is 0 Å². The topological polar surface area (TPSA) is 49.5 Å². The SMILES string of the molecule is CC(C)C1CCCN1CCC(O)CN. The maximum Gasteiger partial charge on any atom is 0.0674 e. The van der Waals surface area contributed by atoms with E-state index in [4.69, 9.17) is 5.73 Å². The van der Waals surface area contributed by atoms with Gasteiger partial charge in [0.05, 0.1) is 6.10 Å². The summed E-state index contributed by atoms with van der Waals surface area (Å²) < 4.78 is 0. The molecule has 1 saturated heterocycles. The highest BCUT2D eigenvalue weighted by Crippen LogP contribution is 2.23. The monoisotopic (exact) mass is 200 g/mol. The van der Waals surface area contributed by atoms with Gasteiger partial charge >= 0.3 is 0 Å². The first-order valence-corrected chi connectivity index (χ1v) is 5.77. The number of aliphatic hydroxyl groups is 1. The summed E-state index contributed by atoms with van der Waals surface area (Å²) >= 11 is 0. The molecule has 3 nitrogen and oxygen atoms in total. The largest absolute Gasteiger partial charge is 0.392 e. The normalized spacial score (nSPS) is 25.9. The number of nitrogens with zero attached hydrogens (tertiary/aromatic N) is 1. The number of hydrogen-bond acceptors (Lipinski definition) is 3. The van der Waals surface area contributed by atoms with Crippen LogP contribution in [0.4, 0.5) is 0 Å². The van der Waals surface area contributed by atoms with Gasteiger partial charge in [-0.25, -0.2) is 0 Å². The molecule has 3 heteroatoms. The van der Waals surface area contributed by atoms with Crippen molar-refractivity contribution in [2.24, 2.45) is 11.7 Å². The summed E-state index contributed by atoms with van der Waals surface area (Å²) in [6.07, 6.45) is 3.13. The Labute approximate surface area is 87.3 Å². The molecule has 14 heavy (non-hydrogen) atoms. The molecule has 2 atom stereocenters. The summed E-state index contributed by atoms with van der Waals surface area (Å²) in [4.78, 5) is 2.50. The van der Waals surface area contributed by atoms with E-state index in [1.54, 1.807) is 0 Å². The Morgan fingerprint density at radius 2 is 2.21 bits per heavy atom. The summed E-state index contributed by atoms with van der Waals surface area (Å²) in [7, 11) is 0. The molecule has 1 rings (SSSR count). The van der Waals surface area contributed by atoms with Gasteiger partial charge in [0.15, 0.2) is 0 Å². The highest BCUT2D eigenvalue weighted by atomic mass is 16.3. The van der Waals surface area contributed by atoms with Crippen molar-refractivity contribution in [3.8, 4) is 0 Å². The molecule has 0 bridgehead atoms. The maximum absolute atomic E-state index is 9.39. The third kappa shape index (κ3) is 3.23. The van der Waals surface area contributed by atoms with E-state index in [1.807, 2.05) is 0 Å². The van der Waals surface area contributed by atoms with E-state index in [2.05, 4.69) is 18.7 Å². The van der Waals surface area contributed by atoms with E-state index >= 15 is 0 Å². The summed E-state index contributed by atoms with van der Waals surface area (Å²) in [5, 5.41) is 9.39. The van der Waals surface area contributed by atoms with E-state index in [0.29, 0.717) is 6.54 Å². The average molecular weight is 200 g/mol. The van der Waals surface area contributed by atoms with Gasteiger partial charge in [0.25, 0.3) is 0 Å². The van der Waals surface area contributed by atoms with E-state index < -0.39 is 0 Å². The molecule has 3 N–H and O–H groups in total. The molecule has 1 heterocycles. The molecule has 0 spiro atoms. The van der Waals surface area contributed by atoms with Crippen LogP contribution in [-0.4, -0.2) is 41.8 Å². The first kappa shape index (κ1) is 12.0. The van der Waals surface area contributed by atoms with Gasteiger partial charge in [0.1, 0.15) is 0 Å². The van der Waals surface area contributed by atoms with Crippen LogP contribution >= 0.6 is 0 Å². The summed E-state index contributed by atoms with van der Waals surface area (Å²) in [5.74, 6) is 0.729. The first-order valence-electron chi connectivity index (χ1n) is 5.77. The Balaban J connectivity index is 2.29. The smallest absolute Gasteiger partial charge is 0.0674 e. The van der Waals surface area contributed by atoms with Gasteiger partial charge in [0, 0.05) is 19.1 Å². The number of rotatable bonds is 5. The van der Waals surface area contributed by atoms with E-state index in [-0.39, 0.29) is 6.10 Å². The van der Waals surface area contributed by atoms with Crippen molar-refractivity contribution in [2.75, 3.05) is 19.6 Å². The van der Waals surface area contributed by atoms with Crippen LogP contribution in [0.15, 0.2) is 0 Å². The Bertz CT molecular complexity index is 161. The number of aliphatic hydroxyl groups excluding tert-OH is 1. The third-order valence-electron chi connectivity index (χ3n) is 3.21. The molecule has 0 saturated carbocycles. The standard InChI is InChI=1S/C11H24N2O/c1-9(2)11-4-3-6-13(11)7-5-10(14)8-12/h9-11,14H,3-8,12H2,1-2H3. The van der Waals surface area contributed by atoms with Crippen molar-refractivity contribution in [3.05, 3.63) is 0 Å². The number of hydrogen-bond donors (Lipinski definition) is 2. The first-order chi connectivity index (χ1) is 6.65. The minimum atomic E-state index is -0.316. The van der Waals surface area contributed by atoms with Crippen LogP contribution in [0.1, 0.15) is 33.1 Å². The summed E-state index contributed by atoms with van der Waals surface area (Å²) in [6.45, 7) is 7.15. The quantitative estimate of drug-likeness (QED) is 0.690. The van der Waals surface area contributed by atoms with Crippen LogP contribution < -0.4 is 5.73 Å². The molecule has 1 aliphatic heterocycles. The molecule has 0 aromatic carbocycles. The predicted octanol–water partition coefficient (Wildman–Crippen LogP) is 0.817. The molecule has 0 amide bonds. The Morgan fingerprint density at radius 1 is 1.50 bits per heavy atom. The lowest BCUT2D eigenvalue weighted by atomic mass is 10.0. The highest BCUT2D eigenvalue weighted by Gasteiger charge is 2.26. The summed E-state index contributed by atoms with van der Waals surface area (Å²) in [5.41, 5.74) is 5.38. The predicted molar refractivity (Wildman–Crippen MR) is 59.1 cm³/mol. The van der Waals surface area contributed by atoms with E-state index in [1.165, 1.54) is 19.4 Å². The van der Waals surface area contributed by atoms with Gasteiger partial charge < -0.3 is 15.7 Å². The van der Waals surface area contributed by atoms with Crippen molar-refractivity contribution in [1.82, 2.24) is 4.90 Å². The van der Waals surface area contributed by atoms with E-state index in [9.17, 15) is 5.11 Å². The van der Waals surface area contributed by atoms with Gasteiger partial charge in [-0.1, -0.05) is 13.8 Å². The molecule has 84 valence electrons. The van der Waals surface area contributed by atoms with Crippen LogP contribution in [0.3, 0.4) is 0 Å². The van der Waals surface area contributed by atoms with Crippen LogP contribution in [-0.2, 0) is 0 Å². The average Bonchev–Trinajstić information content (AvgIpc) is 2.62. The second-order valence-corrected chi connectivity index (χ2v) is 4.67. The molecular formula is C11H24N2O. The fraction of sp³-hybridized carbons (Fsp3) is 1.00. The highest BCUT2D eigenvalue weighted by molar-refractivity contribution is 4.81. The minimum Gasteiger partial charge on any atom is -0.392 e. The lowest BCUT2D eigenvalue weighted by Gasteiger charge is -2.28. The zero-order valence-electron chi connectivity index (χ0n) is 9.45. The van der Waals surface area contributed by atoms with Crippen molar-refractivity contribution in [1.29, 1.82) is 0 Å². The van der Waals surface area contributed by atoms with Crippen molar-refractivity contribution in [3.63, 3.8) is 0 Å². The van der Waals surface area contributed by atoms with Crippen molar-refractivity contribution in [2.45, 2.75) is 45.3 Å². The fourth-order valence-electron chi connectivity index (χ4n) is 2.32. The molecule has 2 unspecified atom stereocenters. The Hall–Kier alpha value is -0.120. The lowest BCUT2D eigenvalue weighted by molar-refractivity contribution is 0.132. The Kier molecular flexibility index (Phi) is 4.85. The van der Waals surface area contributed by atoms with Crippen LogP contribution in [0.25, 0.3) is 0 Å². The molecular weight excluding hydrogens is 176 g/mol. The summed E-state index contributed by atoms with van der Waals surface area (Å²) in [6, 6.07) is 0.722. The van der Waals surface area contributed by atoms with Gasteiger partial charge in [-0.3, -0.25) is 0 Å². The second-order valence-electron chi connectivity index (χ2n) is 4.67. The molecule has 0 aromatic heterocycles. The fourth-order valence-corrected chi connectivity index (χ4v) is 2.32.